The van der Waals surface area contributed by atoms with E-state index < -0.39 is 0 Å². The van der Waals surface area contributed by atoms with Crippen LogP contribution in [0.3, 0.4) is 0 Å². The Kier molecular flexibility index (Phi) is 5.38. The van der Waals surface area contributed by atoms with Crippen LogP contribution in [0.15, 0.2) is 24.3 Å². The van der Waals surface area contributed by atoms with Gasteiger partial charge in [0.2, 0.25) is 17.8 Å². The third-order valence-corrected chi connectivity index (χ3v) is 5.57. The van der Waals surface area contributed by atoms with Crippen LogP contribution in [0.25, 0.3) is 0 Å². The zero-order chi connectivity index (χ0) is 19.5. The second-order valence-electron chi connectivity index (χ2n) is 7.58. The van der Waals surface area contributed by atoms with E-state index >= 15 is 0 Å². The molecule has 1 aromatic carbocycles. The predicted molar refractivity (Wildman–Crippen MR) is 106 cm³/mol. The summed E-state index contributed by atoms with van der Waals surface area (Å²) >= 11 is 0. The van der Waals surface area contributed by atoms with Crippen molar-refractivity contribution in [2.45, 2.75) is 38.0 Å². The number of piperidine rings is 1. The van der Waals surface area contributed by atoms with Crippen molar-refractivity contribution in [3.63, 3.8) is 0 Å². The highest BCUT2D eigenvalue weighted by atomic mass is 16.2. The molecule has 2 aliphatic rings. The van der Waals surface area contributed by atoms with Crippen molar-refractivity contribution in [3.8, 4) is 0 Å². The summed E-state index contributed by atoms with van der Waals surface area (Å²) in [5.74, 6) is 1.26. The lowest BCUT2D eigenvalue weighted by molar-refractivity contribution is -0.121. The quantitative estimate of drug-likeness (QED) is 0.732. The van der Waals surface area contributed by atoms with Gasteiger partial charge in [-0.25, -0.2) is 4.68 Å². The molecule has 8 heteroatoms. The molecule has 0 aliphatic carbocycles. The molecule has 148 valence electrons. The smallest absolute Gasteiger partial charge is 0.227 e. The fraction of sp³-hybridized carbons (Fsp3) is 0.500. The summed E-state index contributed by atoms with van der Waals surface area (Å²) in [5.41, 5.74) is 1.99. The van der Waals surface area contributed by atoms with E-state index in [2.05, 4.69) is 26.0 Å². The molecule has 1 atom stereocenters. The molecule has 3 N–H and O–H groups in total. The maximum atomic E-state index is 12.4. The van der Waals surface area contributed by atoms with Gasteiger partial charge in [-0.2, -0.15) is 10.1 Å². The highest BCUT2D eigenvalue weighted by molar-refractivity contribution is 5.96. The molecule has 1 unspecified atom stereocenters. The third kappa shape index (κ3) is 4.06. The van der Waals surface area contributed by atoms with Gasteiger partial charge >= 0.3 is 0 Å². The predicted octanol–water partition coefficient (Wildman–Crippen LogP) is 1.81. The second kappa shape index (κ2) is 8.10. The third-order valence-electron chi connectivity index (χ3n) is 5.57. The summed E-state index contributed by atoms with van der Waals surface area (Å²) in [6, 6.07) is 7.80. The summed E-state index contributed by atoms with van der Waals surface area (Å²) in [4.78, 5) is 29.2. The number of carbonyl (C=O) groups is 2. The van der Waals surface area contributed by atoms with E-state index in [-0.39, 0.29) is 24.2 Å². The molecule has 2 aromatic rings. The topological polar surface area (TPSA) is 101 Å². The molecular weight excluding hydrogens is 356 g/mol. The van der Waals surface area contributed by atoms with E-state index in [1.165, 1.54) is 0 Å². The molecule has 2 amide bonds. The molecule has 0 bridgehead atoms. The number of nitrogens with one attached hydrogen (secondary N) is 3. The summed E-state index contributed by atoms with van der Waals surface area (Å²) in [5, 5.41) is 13.6. The van der Waals surface area contributed by atoms with Gasteiger partial charge in [-0.1, -0.05) is 18.2 Å². The van der Waals surface area contributed by atoms with Gasteiger partial charge in [-0.15, -0.1) is 0 Å². The average Bonchev–Trinajstić information content (AvgIpc) is 3.07. The fourth-order valence-electron chi connectivity index (χ4n) is 3.91. The Bertz CT molecular complexity index is 871. The highest BCUT2D eigenvalue weighted by Gasteiger charge is 2.27. The first-order valence-corrected chi connectivity index (χ1v) is 9.90. The van der Waals surface area contributed by atoms with Crippen LogP contribution in [0.5, 0.6) is 0 Å². The Labute approximate surface area is 164 Å². The molecule has 8 nitrogen and oxygen atoms in total. The summed E-state index contributed by atoms with van der Waals surface area (Å²) in [7, 11) is 1.79. The van der Waals surface area contributed by atoms with Gasteiger partial charge in [-0.05, 0) is 50.4 Å². The molecule has 1 fully saturated rings. The Balaban J connectivity index is 1.32. The number of fused-ring (bicyclic) bond motifs is 1. The number of aryl methyl sites for hydroxylation is 1. The Morgan fingerprint density at radius 3 is 2.89 bits per heavy atom. The highest BCUT2D eigenvalue weighted by Crippen LogP contribution is 2.28. The van der Waals surface area contributed by atoms with E-state index in [9.17, 15) is 9.59 Å². The van der Waals surface area contributed by atoms with Crippen molar-refractivity contribution in [3.05, 3.63) is 35.7 Å². The maximum absolute atomic E-state index is 12.4. The van der Waals surface area contributed by atoms with Crippen molar-refractivity contribution in [2.24, 2.45) is 13.0 Å². The molecule has 4 rings (SSSR count). The van der Waals surface area contributed by atoms with Crippen molar-refractivity contribution >= 4 is 23.5 Å². The largest absolute Gasteiger partial charge is 0.326 e. The molecule has 1 saturated heterocycles. The fourth-order valence-corrected chi connectivity index (χ4v) is 3.91. The molecule has 1 aromatic heterocycles. The van der Waals surface area contributed by atoms with Crippen LogP contribution in [0.1, 0.15) is 43.0 Å². The van der Waals surface area contributed by atoms with Crippen LogP contribution in [-0.4, -0.2) is 39.7 Å². The SMILES string of the molecule is Cn1nc(C2CCNCC2)nc1NC(=O)CCC1Cc2ccccc2NC1=O. The summed E-state index contributed by atoms with van der Waals surface area (Å²) < 4.78 is 1.62. The van der Waals surface area contributed by atoms with Gasteiger partial charge in [0.15, 0.2) is 5.82 Å². The van der Waals surface area contributed by atoms with Crippen LogP contribution >= 0.6 is 0 Å². The molecule has 28 heavy (non-hydrogen) atoms. The van der Waals surface area contributed by atoms with Crippen molar-refractivity contribution in [1.82, 2.24) is 20.1 Å². The molecular formula is C20H26N6O2. The van der Waals surface area contributed by atoms with Crippen LogP contribution in [0.2, 0.25) is 0 Å². The first-order valence-electron chi connectivity index (χ1n) is 9.90. The first-order chi connectivity index (χ1) is 13.6. The Hall–Kier alpha value is -2.74. The van der Waals surface area contributed by atoms with E-state index in [0.717, 1.165) is 43.0 Å². The second-order valence-corrected chi connectivity index (χ2v) is 7.58. The van der Waals surface area contributed by atoms with Gasteiger partial charge in [0, 0.05) is 31.0 Å². The Morgan fingerprint density at radius 2 is 2.07 bits per heavy atom. The normalized spacial score (nSPS) is 19.8. The number of hydrogen-bond acceptors (Lipinski definition) is 5. The van der Waals surface area contributed by atoms with Crippen LogP contribution < -0.4 is 16.0 Å². The number of para-hydroxylation sites is 1. The van der Waals surface area contributed by atoms with E-state index in [1.807, 2.05) is 24.3 Å². The van der Waals surface area contributed by atoms with Gasteiger partial charge in [0.1, 0.15) is 0 Å². The lowest BCUT2D eigenvalue weighted by Crippen LogP contribution is -2.30. The molecule has 2 aliphatic heterocycles. The van der Waals surface area contributed by atoms with Gasteiger partial charge < -0.3 is 10.6 Å². The van der Waals surface area contributed by atoms with E-state index in [0.29, 0.717) is 24.7 Å². The maximum Gasteiger partial charge on any atom is 0.227 e. The minimum absolute atomic E-state index is 0.0154. The monoisotopic (exact) mass is 382 g/mol. The zero-order valence-corrected chi connectivity index (χ0v) is 16.1. The summed E-state index contributed by atoms with van der Waals surface area (Å²) in [6.07, 6.45) is 3.46. The number of anilines is 2. The Morgan fingerprint density at radius 1 is 1.29 bits per heavy atom. The van der Waals surface area contributed by atoms with Crippen molar-refractivity contribution in [1.29, 1.82) is 0 Å². The number of nitrogens with zero attached hydrogens (tertiary/aromatic N) is 3. The number of aromatic nitrogens is 3. The molecule has 0 saturated carbocycles. The first kappa shape index (κ1) is 18.6. The summed E-state index contributed by atoms with van der Waals surface area (Å²) in [6.45, 7) is 1.94. The van der Waals surface area contributed by atoms with Crippen LogP contribution in [-0.2, 0) is 23.1 Å². The number of hydrogen-bond donors (Lipinski definition) is 3. The van der Waals surface area contributed by atoms with Crippen molar-refractivity contribution in [2.75, 3.05) is 23.7 Å². The minimum Gasteiger partial charge on any atom is -0.326 e. The van der Waals surface area contributed by atoms with Crippen molar-refractivity contribution < 1.29 is 9.59 Å². The molecule has 3 heterocycles. The van der Waals surface area contributed by atoms with Crippen LogP contribution in [0.4, 0.5) is 11.6 Å². The van der Waals surface area contributed by atoms with E-state index in [4.69, 9.17) is 0 Å². The average molecular weight is 382 g/mol. The number of rotatable bonds is 5. The van der Waals surface area contributed by atoms with E-state index in [1.54, 1.807) is 11.7 Å². The lowest BCUT2D eigenvalue weighted by Gasteiger charge is -2.24. The van der Waals surface area contributed by atoms with Gasteiger partial charge in [0.25, 0.3) is 0 Å². The number of amides is 2. The lowest BCUT2D eigenvalue weighted by atomic mass is 9.89. The van der Waals surface area contributed by atoms with Gasteiger partial charge in [0.05, 0.1) is 0 Å². The van der Waals surface area contributed by atoms with Crippen LogP contribution in [0, 0.1) is 5.92 Å². The molecule has 0 spiro atoms. The minimum atomic E-state index is -0.189. The number of benzene rings is 1. The molecule has 0 radical (unpaired) electrons. The standard InChI is InChI=1S/C20H26N6O2/c1-26-20(24-18(25-26)13-8-10-21-11-9-13)23-17(27)7-6-15-12-14-4-2-3-5-16(14)22-19(15)28/h2-5,13,15,21H,6-12H2,1H3,(H,22,28)(H,23,24,25,27). The van der Waals surface area contributed by atoms with Gasteiger partial charge in [-0.3, -0.25) is 14.9 Å². The number of carbonyl (C=O) groups excluding carboxylic acids is 2. The zero-order valence-electron chi connectivity index (χ0n) is 16.1.